The standard InChI is InChI=1S/C25H36O5/c1-14(26)23-22(30-16(3)28)13-21-19-7-6-17-12-18(29-15(2)27)8-10-24(17,4)20(19)9-11-25(21,23)5/h6,18-23H,7-13H2,1-5H3. The van der Waals surface area contributed by atoms with Gasteiger partial charge >= 0.3 is 11.9 Å². The molecule has 4 aliphatic rings. The van der Waals surface area contributed by atoms with Gasteiger partial charge in [-0.05, 0) is 74.0 Å². The van der Waals surface area contributed by atoms with Gasteiger partial charge < -0.3 is 9.47 Å². The summed E-state index contributed by atoms with van der Waals surface area (Å²) in [4.78, 5) is 35.8. The Balaban J connectivity index is 1.61. The summed E-state index contributed by atoms with van der Waals surface area (Å²) in [5.41, 5.74) is 1.51. The molecule has 0 aromatic carbocycles. The summed E-state index contributed by atoms with van der Waals surface area (Å²) in [6.07, 6.45) is 8.89. The number of ether oxygens (including phenoxy) is 2. The molecular formula is C25H36O5. The molecule has 0 N–H and O–H groups in total. The van der Waals surface area contributed by atoms with Crippen molar-refractivity contribution in [3.8, 4) is 0 Å². The van der Waals surface area contributed by atoms with Crippen molar-refractivity contribution in [3.63, 3.8) is 0 Å². The first-order valence-corrected chi connectivity index (χ1v) is 11.6. The molecule has 0 aromatic rings. The van der Waals surface area contributed by atoms with E-state index in [4.69, 9.17) is 9.47 Å². The number of carbonyl (C=O) groups excluding carboxylic acids is 3. The maximum absolute atomic E-state index is 12.6. The zero-order valence-corrected chi connectivity index (χ0v) is 19.0. The first kappa shape index (κ1) is 21.6. The van der Waals surface area contributed by atoms with Gasteiger partial charge in [0, 0.05) is 20.3 Å². The van der Waals surface area contributed by atoms with E-state index in [1.54, 1.807) is 6.92 Å². The first-order chi connectivity index (χ1) is 14.1. The highest BCUT2D eigenvalue weighted by Crippen LogP contribution is 2.66. The van der Waals surface area contributed by atoms with E-state index in [9.17, 15) is 14.4 Å². The average Bonchev–Trinajstić information content (AvgIpc) is 2.92. The lowest BCUT2D eigenvalue weighted by molar-refractivity contribution is -0.152. The topological polar surface area (TPSA) is 69.7 Å². The fourth-order valence-corrected chi connectivity index (χ4v) is 8.01. The summed E-state index contributed by atoms with van der Waals surface area (Å²) in [6.45, 7) is 9.28. The fourth-order valence-electron chi connectivity index (χ4n) is 8.01. The summed E-state index contributed by atoms with van der Waals surface area (Å²) in [5.74, 6) is 0.990. The molecule has 0 spiro atoms. The van der Waals surface area contributed by atoms with Crippen molar-refractivity contribution < 1.29 is 23.9 Å². The Morgan fingerprint density at radius 1 is 0.967 bits per heavy atom. The van der Waals surface area contributed by atoms with Crippen LogP contribution in [0.4, 0.5) is 0 Å². The van der Waals surface area contributed by atoms with Gasteiger partial charge in [0.1, 0.15) is 18.0 Å². The molecule has 8 atom stereocenters. The van der Waals surface area contributed by atoms with Crippen molar-refractivity contribution >= 4 is 17.7 Å². The molecule has 166 valence electrons. The van der Waals surface area contributed by atoms with Crippen LogP contribution in [0.1, 0.15) is 79.6 Å². The minimum atomic E-state index is -0.286. The quantitative estimate of drug-likeness (QED) is 0.496. The second-order valence-electron chi connectivity index (χ2n) is 10.8. The summed E-state index contributed by atoms with van der Waals surface area (Å²) < 4.78 is 11.2. The first-order valence-electron chi connectivity index (χ1n) is 11.6. The molecule has 0 radical (unpaired) electrons. The van der Waals surface area contributed by atoms with Crippen molar-refractivity contribution in [3.05, 3.63) is 11.6 Å². The second kappa shape index (κ2) is 7.49. The molecule has 5 nitrogen and oxygen atoms in total. The zero-order chi connectivity index (χ0) is 21.8. The molecule has 30 heavy (non-hydrogen) atoms. The second-order valence-corrected chi connectivity index (χ2v) is 10.8. The summed E-state index contributed by atoms with van der Waals surface area (Å²) in [5, 5.41) is 0. The number of fused-ring (bicyclic) bond motifs is 5. The lowest BCUT2D eigenvalue weighted by Crippen LogP contribution is -2.51. The molecular weight excluding hydrogens is 380 g/mol. The van der Waals surface area contributed by atoms with Crippen molar-refractivity contribution in [1.29, 1.82) is 0 Å². The monoisotopic (exact) mass is 416 g/mol. The van der Waals surface area contributed by atoms with Gasteiger partial charge in [0.2, 0.25) is 0 Å². The highest BCUT2D eigenvalue weighted by Gasteiger charge is 2.63. The molecule has 4 aliphatic carbocycles. The highest BCUT2D eigenvalue weighted by molar-refractivity contribution is 5.81. The van der Waals surface area contributed by atoms with Crippen LogP contribution in [0, 0.1) is 34.5 Å². The van der Waals surface area contributed by atoms with Gasteiger partial charge in [-0.25, -0.2) is 0 Å². The molecule has 3 saturated carbocycles. The van der Waals surface area contributed by atoms with E-state index in [2.05, 4.69) is 19.9 Å². The highest BCUT2D eigenvalue weighted by atomic mass is 16.5. The van der Waals surface area contributed by atoms with Gasteiger partial charge in [-0.3, -0.25) is 14.4 Å². The normalized spacial score (nSPS) is 44.8. The number of hydrogen-bond acceptors (Lipinski definition) is 5. The number of allylic oxidation sites excluding steroid dienone is 1. The molecule has 0 aliphatic heterocycles. The molecule has 0 heterocycles. The third-order valence-electron chi connectivity index (χ3n) is 9.15. The summed E-state index contributed by atoms with van der Waals surface area (Å²) in [6, 6.07) is 0. The molecule has 0 aromatic heterocycles. The molecule has 0 saturated heterocycles. The van der Waals surface area contributed by atoms with Crippen LogP contribution in [-0.2, 0) is 23.9 Å². The smallest absolute Gasteiger partial charge is 0.302 e. The number of ketones is 1. The minimum absolute atomic E-state index is 0.00847. The predicted molar refractivity (Wildman–Crippen MR) is 112 cm³/mol. The minimum Gasteiger partial charge on any atom is -0.462 e. The molecule has 0 amide bonds. The van der Waals surface area contributed by atoms with E-state index in [1.807, 2.05) is 0 Å². The Kier molecular flexibility index (Phi) is 5.39. The number of rotatable bonds is 3. The fraction of sp³-hybridized carbons (Fsp3) is 0.800. The van der Waals surface area contributed by atoms with Gasteiger partial charge in [0.15, 0.2) is 0 Å². The predicted octanol–water partition coefficient (Wildman–Crippen LogP) is 4.63. The largest absolute Gasteiger partial charge is 0.462 e. The van der Waals surface area contributed by atoms with Gasteiger partial charge in [-0.2, -0.15) is 0 Å². The van der Waals surface area contributed by atoms with E-state index in [-0.39, 0.29) is 46.7 Å². The van der Waals surface area contributed by atoms with Crippen LogP contribution >= 0.6 is 0 Å². The summed E-state index contributed by atoms with van der Waals surface area (Å²) >= 11 is 0. The van der Waals surface area contributed by atoms with Gasteiger partial charge in [0.25, 0.3) is 0 Å². The Morgan fingerprint density at radius 2 is 1.67 bits per heavy atom. The third kappa shape index (κ3) is 3.33. The number of carbonyl (C=O) groups is 3. The van der Waals surface area contributed by atoms with Gasteiger partial charge in [-0.1, -0.05) is 25.5 Å². The number of Topliss-reactive ketones (excluding diaryl/α,β-unsaturated/α-hetero) is 1. The Bertz CT molecular complexity index is 784. The van der Waals surface area contributed by atoms with E-state index in [0.29, 0.717) is 17.8 Å². The Labute approximate surface area is 179 Å². The Hall–Kier alpha value is -1.65. The lowest BCUT2D eigenvalue weighted by Gasteiger charge is -2.57. The van der Waals surface area contributed by atoms with Crippen molar-refractivity contribution in [2.45, 2.75) is 91.8 Å². The van der Waals surface area contributed by atoms with Gasteiger partial charge in [-0.15, -0.1) is 0 Å². The number of hydrogen-bond donors (Lipinski definition) is 0. The van der Waals surface area contributed by atoms with Crippen LogP contribution in [0.5, 0.6) is 0 Å². The van der Waals surface area contributed by atoms with Gasteiger partial charge in [0.05, 0.1) is 5.92 Å². The molecule has 5 heteroatoms. The average molecular weight is 417 g/mol. The maximum Gasteiger partial charge on any atom is 0.302 e. The molecule has 8 unspecified atom stereocenters. The van der Waals surface area contributed by atoms with Crippen LogP contribution in [0.2, 0.25) is 0 Å². The van der Waals surface area contributed by atoms with Crippen LogP contribution in [0.3, 0.4) is 0 Å². The van der Waals surface area contributed by atoms with Crippen molar-refractivity contribution in [2.24, 2.45) is 34.5 Å². The maximum atomic E-state index is 12.6. The zero-order valence-electron chi connectivity index (χ0n) is 19.0. The van der Waals surface area contributed by atoms with Crippen LogP contribution in [0.15, 0.2) is 11.6 Å². The Morgan fingerprint density at radius 3 is 2.30 bits per heavy atom. The molecule has 0 bridgehead atoms. The van der Waals surface area contributed by atoms with E-state index in [1.165, 1.54) is 19.4 Å². The van der Waals surface area contributed by atoms with E-state index >= 15 is 0 Å². The van der Waals surface area contributed by atoms with Crippen LogP contribution in [-0.4, -0.2) is 29.9 Å². The molecule has 4 rings (SSSR count). The van der Waals surface area contributed by atoms with Crippen molar-refractivity contribution in [1.82, 2.24) is 0 Å². The van der Waals surface area contributed by atoms with Crippen LogP contribution < -0.4 is 0 Å². The lowest BCUT2D eigenvalue weighted by atomic mass is 9.47. The number of esters is 2. The summed E-state index contributed by atoms with van der Waals surface area (Å²) in [7, 11) is 0. The van der Waals surface area contributed by atoms with Crippen molar-refractivity contribution in [2.75, 3.05) is 0 Å². The van der Waals surface area contributed by atoms with Crippen LogP contribution in [0.25, 0.3) is 0 Å². The SMILES string of the molecule is CC(=O)OC1CCC2(C)C(=CCC3C2CCC2(C)C3CC(OC(C)=O)C2C(C)=O)C1. The molecule has 3 fully saturated rings. The van der Waals surface area contributed by atoms with E-state index < -0.39 is 0 Å². The third-order valence-corrected chi connectivity index (χ3v) is 9.15. The van der Waals surface area contributed by atoms with E-state index in [0.717, 1.165) is 44.9 Å².